The number of aromatic nitrogens is 3. The highest BCUT2D eigenvalue weighted by Gasteiger charge is 2.09. The summed E-state index contributed by atoms with van der Waals surface area (Å²) in [6, 6.07) is 4.02. The van der Waals surface area contributed by atoms with Crippen molar-refractivity contribution >= 4 is 5.82 Å². The van der Waals surface area contributed by atoms with Crippen molar-refractivity contribution in [1.82, 2.24) is 14.8 Å². The van der Waals surface area contributed by atoms with Gasteiger partial charge in [0.05, 0.1) is 5.69 Å². The highest BCUT2D eigenvalue weighted by Crippen LogP contribution is 2.24. The van der Waals surface area contributed by atoms with Crippen LogP contribution in [0, 0.1) is 6.92 Å². The van der Waals surface area contributed by atoms with Crippen molar-refractivity contribution in [2.45, 2.75) is 26.8 Å². The maximum absolute atomic E-state index is 5.89. The third-order valence-electron chi connectivity index (χ3n) is 2.48. The fourth-order valence-corrected chi connectivity index (χ4v) is 1.74. The van der Waals surface area contributed by atoms with Gasteiger partial charge in [0.2, 0.25) is 0 Å². The Hall–Kier alpha value is -1.84. The zero-order valence-electron chi connectivity index (χ0n) is 9.64. The molecule has 0 aliphatic heterocycles. The number of pyridine rings is 1. The van der Waals surface area contributed by atoms with Crippen molar-refractivity contribution in [3.63, 3.8) is 0 Å². The first-order valence-corrected chi connectivity index (χ1v) is 5.46. The van der Waals surface area contributed by atoms with Crippen LogP contribution < -0.4 is 5.73 Å². The molecular weight excluding hydrogens is 200 g/mol. The molecule has 0 fully saturated rings. The average molecular weight is 216 g/mol. The second-order valence-electron chi connectivity index (χ2n) is 3.89. The van der Waals surface area contributed by atoms with Crippen molar-refractivity contribution in [1.29, 1.82) is 0 Å². The molecule has 0 saturated carbocycles. The fourth-order valence-electron chi connectivity index (χ4n) is 1.74. The van der Waals surface area contributed by atoms with Crippen molar-refractivity contribution in [3.8, 4) is 11.3 Å². The molecule has 16 heavy (non-hydrogen) atoms. The zero-order chi connectivity index (χ0) is 11.5. The van der Waals surface area contributed by atoms with E-state index < -0.39 is 0 Å². The second kappa shape index (κ2) is 4.35. The number of hydrogen-bond acceptors (Lipinski definition) is 3. The minimum Gasteiger partial charge on any atom is -0.383 e. The SMILES string of the molecule is CCCn1nccc1-c1cc(C)cnc1N. The Kier molecular flexibility index (Phi) is 2.90. The van der Waals surface area contributed by atoms with E-state index in [-0.39, 0.29) is 0 Å². The van der Waals surface area contributed by atoms with Crippen LogP contribution in [-0.4, -0.2) is 14.8 Å². The standard InChI is InChI=1S/C12H16N4/c1-3-6-16-11(4-5-15-16)10-7-9(2)8-14-12(10)13/h4-5,7-8H,3,6H2,1-2H3,(H2,13,14). The van der Waals surface area contributed by atoms with Crippen LogP contribution in [-0.2, 0) is 6.54 Å². The van der Waals surface area contributed by atoms with Gasteiger partial charge in [-0.15, -0.1) is 0 Å². The third-order valence-corrected chi connectivity index (χ3v) is 2.48. The van der Waals surface area contributed by atoms with Crippen molar-refractivity contribution < 1.29 is 0 Å². The Balaban J connectivity index is 2.49. The molecule has 0 radical (unpaired) electrons. The van der Waals surface area contributed by atoms with Crippen molar-refractivity contribution in [3.05, 3.63) is 30.1 Å². The van der Waals surface area contributed by atoms with Crippen LogP contribution in [0.1, 0.15) is 18.9 Å². The van der Waals surface area contributed by atoms with E-state index in [2.05, 4.69) is 17.0 Å². The van der Waals surface area contributed by atoms with E-state index in [1.165, 1.54) is 0 Å². The van der Waals surface area contributed by atoms with Crippen LogP contribution in [0.4, 0.5) is 5.82 Å². The molecule has 0 spiro atoms. The second-order valence-corrected chi connectivity index (χ2v) is 3.89. The summed E-state index contributed by atoms with van der Waals surface area (Å²) in [6.45, 7) is 5.04. The molecule has 0 saturated heterocycles. The molecule has 0 bridgehead atoms. The van der Waals surface area contributed by atoms with E-state index in [9.17, 15) is 0 Å². The average Bonchev–Trinajstić information content (AvgIpc) is 2.70. The molecule has 0 atom stereocenters. The molecule has 0 aliphatic carbocycles. The van der Waals surface area contributed by atoms with Crippen LogP contribution in [0.15, 0.2) is 24.5 Å². The minimum atomic E-state index is 0.559. The predicted molar refractivity (Wildman–Crippen MR) is 64.9 cm³/mol. The van der Waals surface area contributed by atoms with Gasteiger partial charge >= 0.3 is 0 Å². The molecule has 2 aromatic rings. The molecule has 0 aromatic carbocycles. The molecule has 84 valence electrons. The number of nitrogens with zero attached hydrogens (tertiary/aromatic N) is 3. The van der Waals surface area contributed by atoms with Crippen LogP contribution >= 0.6 is 0 Å². The molecule has 0 unspecified atom stereocenters. The lowest BCUT2D eigenvalue weighted by Crippen LogP contribution is -2.03. The van der Waals surface area contributed by atoms with Gasteiger partial charge in [-0.05, 0) is 31.0 Å². The monoisotopic (exact) mass is 216 g/mol. The van der Waals surface area contributed by atoms with E-state index in [1.54, 1.807) is 12.4 Å². The largest absolute Gasteiger partial charge is 0.383 e. The van der Waals surface area contributed by atoms with Gasteiger partial charge in [0, 0.05) is 24.5 Å². The first-order valence-electron chi connectivity index (χ1n) is 5.46. The molecule has 4 nitrogen and oxygen atoms in total. The van der Waals surface area contributed by atoms with Gasteiger partial charge in [-0.2, -0.15) is 5.10 Å². The van der Waals surface area contributed by atoms with Gasteiger partial charge in [-0.25, -0.2) is 4.98 Å². The van der Waals surface area contributed by atoms with Gasteiger partial charge in [0.1, 0.15) is 5.82 Å². The summed E-state index contributed by atoms with van der Waals surface area (Å²) in [5.41, 5.74) is 9.00. The summed E-state index contributed by atoms with van der Waals surface area (Å²) in [5.74, 6) is 0.559. The van der Waals surface area contributed by atoms with Crippen molar-refractivity contribution in [2.75, 3.05) is 5.73 Å². The highest BCUT2D eigenvalue weighted by atomic mass is 15.3. The molecule has 0 amide bonds. The summed E-state index contributed by atoms with van der Waals surface area (Å²) >= 11 is 0. The van der Waals surface area contributed by atoms with E-state index in [1.807, 2.05) is 23.7 Å². The summed E-state index contributed by atoms with van der Waals surface area (Å²) in [5, 5.41) is 4.29. The third kappa shape index (κ3) is 1.91. The lowest BCUT2D eigenvalue weighted by Gasteiger charge is -2.08. The van der Waals surface area contributed by atoms with Gasteiger partial charge in [-0.1, -0.05) is 6.92 Å². The van der Waals surface area contributed by atoms with E-state index in [0.717, 1.165) is 29.8 Å². The molecule has 4 heteroatoms. The quantitative estimate of drug-likeness (QED) is 0.856. The number of anilines is 1. The highest BCUT2D eigenvalue weighted by molar-refractivity contribution is 5.71. The smallest absolute Gasteiger partial charge is 0.132 e. The lowest BCUT2D eigenvalue weighted by atomic mass is 10.1. The molecule has 0 aliphatic rings. The summed E-state index contributed by atoms with van der Waals surface area (Å²) in [4.78, 5) is 4.17. The Morgan fingerprint density at radius 1 is 1.44 bits per heavy atom. The zero-order valence-corrected chi connectivity index (χ0v) is 9.64. The van der Waals surface area contributed by atoms with Crippen LogP contribution in [0.25, 0.3) is 11.3 Å². The number of hydrogen-bond donors (Lipinski definition) is 1. The Bertz CT molecular complexity index is 488. The van der Waals surface area contributed by atoms with E-state index in [0.29, 0.717) is 5.82 Å². The Labute approximate surface area is 95.1 Å². The summed E-state index contributed by atoms with van der Waals surface area (Å²) in [7, 11) is 0. The molecule has 2 rings (SSSR count). The van der Waals surface area contributed by atoms with Crippen LogP contribution in [0.2, 0.25) is 0 Å². The fraction of sp³-hybridized carbons (Fsp3) is 0.333. The molecule has 2 aromatic heterocycles. The van der Waals surface area contributed by atoms with Gasteiger partial charge in [-0.3, -0.25) is 4.68 Å². The molecule has 2 heterocycles. The maximum Gasteiger partial charge on any atom is 0.132 e. The van der Waals surface area contributed by atoms with Crippen LogP contribution in [0.5, 0.6) is 0 Å². The van der Waals surface area contributed by atoms with Gasteiger partial charge in [0.25, 0.3) is 0 Å². The van der Waals surface area contributed by atoms with Crippen LogP contribution in [0.3, 0.4) is 0 Å². The summed E-state index contributed by atoms with van der Waals surface area (Å²) in [6.07, 6.45) is 4.62. The first-order chi connectivity index (χ1) is 7.72. The van der Waals surface area contributed by atoms with Crippen molar-refractivity contribution in [2.24, 2.45) is 0 Å². The lowest BCUT2D eigenvalue weighted by molar-refractivity contribution is 0.609. The number of rotatable bonds is 3. The van der Waals surface area contributed by atoms with E-state index >= 15 is 0 Å². The molecular formula is C12H16N4. The molecule has 2 N–H and O–H groups in total. The first kappa shape index (κ1) is 10.7. The van der Waals surface area contributed by atoms with Gasteiger partial charge in [0.15, 0.2) is 0 Å². The number of aryl methyl sites for hydroxylation is 2. The normalized spacial score (nSPS) is 10.6. The summed E-state index contributed by atoms with van der Waals surface area (Å²) < 4.78 is 1.97. The topological polar surface area (TPSA) is 56.7 Å². The number of nitrogens with two attached hydrogens (primary N) is 1. The Morgan fingerprint density at radius 3 is 3.00 bits per heavy atom. The minimum absolute atomic E-state index is 0.559. The maximum atomic E-state index is 5.89. The predicted octanol–water partition coefficient (Wildman–Crippen LogP) is 2.25. The van der Waals surface area contributed by atoms with E-state index in [4.69, 9.17) is 5.73 Å². The number of nitrogen functional groups attached to an aromatic ring is 1. The Morgan fingerprint density at radius 2 is 2.25 bits per heavy atom. The van der Waals surface area contributed by atoms with Gasteiger partial charge < -0.3 is 5.73 Å².